The van der Waals surface area contributed by atoms with Crippen LogP contribution in [0, 0.1) is 5.41 Å². The van der Waals surface area contributed by atoms with Crippen LogP contribution in [0.4, 0.5) is 4.79 Å². The fraction of sp³-hybridized carbons (Fsp3) is 0.923. The molecular weight excluding hydrogens is 214 g/mol. The van der Waals surface area contributed by atoms with E-state index in [1.54, 1.807) is 0 Å². The van der Waals surface area contributed by atoms with Crippen LogP contribution in [0.2, 0.25) is 0 Å². The number of rotatable bonds is 5. The van der Waals surface area contributed by atoms with Crippen LogP contribution in [0.1, 0.15) is 45.4 Å². The number of nitrogens with one attached hydrogen (secondary N) is 3. The first-order chi connectivity index (χ1) is 8.27. The van der Waals surface area contributed by atoms with Crippen molar-refractivity contribution in [2.24, 2.45) is 5.41 Å². The Kier molecular flexibility index (Phi) is 4.26. The van der Waals surface area contributed by atoms with Gasteiger partial charge in [0.2, 0.25) is 0 Å². The molecule has 0 aromatic heterocycles. The molecule has 1 aliphatic heterocycles. The van der Waals surface area contributed by atoms with E-state index < -0.39 is 0 Å². The predicted octanol–water partition coefficient (Wildman–Crippen LogP) is 1.62. The van der Waals surface area contributed by atoms with Crippen molar-refractivity contribution in [1.82, 2.24) is 16.0 Å². The summed E-state index contributed by atoms with van der Waals surface area (Å²) in [4.78, 5) is 11.6. The molecule has 0 bridgehead atoms. The molecule has 4 heteroatoms. The van der Waals surface area contributed by atoms with Crippen molar-refractivity contribution < 1.29 is 4.79 Å². The van der Waals surface area contributed by atoms with Gasteiger partial charge in [-0.15, -0.1) is 0 Å². The molecule has 98 valence electrons. The molecule has 1 saturated carbocycles. The minimum Gasteiger partial charge on any atom is -0.338 e. The summed E-state index contributed by atoms with van der Waals surface area (Å²) in [6, 6.07) is 0.642. The molecule has 1 saturated heterocycles. The summed E-state index contributed by atoms with van der Waals surface area (Å²) in [5.41, 5.74) is 0.349. The number of fused-ring (bicyclic) bond motifs is 1. The third kappa shape index (κ3) is 2.92. The van der Waals surface area contributed by atoms with Crippen molar-refractivity contribution in [2.45, 2.75) is 51.5 Å². The maximum Gasteiger partial charge on any atom is 0.314 e. The lowest BCUT2D eigenvalue weighted by atomic mass is 9.82. The molecule has 17 heavy (non-hydrogen) atoms. The number of amides is 2. The molecule has 1 heterocycles. The van der Waals surface area contributed by atoms with E-state index >= 15 is 0 Å². The number of carbonyl (C=O) groups is 1. The fourth-order valence-electron chi connectivity index (χ4n) is 3.25. The second-order valence-electron chi connectivity index (χ2n) is 5.47. The lowest BCUT2D eigenvalue weighted by Gasteiger charge is -2.28. The van der Waals surface area contributed by atoms with Crippen molar-refractivity contribution in [3.05, 3.63) is 0 Å². The maximum atomic E-state index is 11.6. The van der Waals surface area contributed by atoms with Gasteiger partial charge in [0.25, 0.3) is 0 Å². The lowest BCUT2D eigenvalue weighted by molar-refractivity contribution is 0.225. The van der Waals surface area contributed by atoms with E-state index in [0.29, 0.717) is 11.5 Å². The zero-order chi connectivity index (χ0) is 12.1. The molecule has 0 spiro atoms. The highest BCUT2D eigenvalue weighted by Gasteiger charge is 2.45. The first kappa shape index (κ1) is 12.7. The van der Waals surface area contributed by atoms with E-state index in [4.69, 9.17) is 0 Å². The highest BCUT2D eigenvalue weighted by molar-refractivity contribution is 5.73. The van der Waals surface area contributed by atoms with Gasteiger partial charge in [0, 0.05) is 24.5 Å². The van der Waals surface area contributed by atoms with Gasteiger partial charge in [0.05, 0.1) is 0 Å². The molecule has 0 aromatic carbocycles. The molecule has 2 amide bonds. The number of hydrogen-bond acceptors (Lipinski definition) is 2. The van der Waals surface area contributed by atoms with Crippen LogP contribution in [0.5, 0.6) is 0 Å². The molecule has 2 fully saturated rings. The lowest BCUT2D eigenvalue weighted by Crippen LogP contribution is -2.45. The Morgan fingerprint density at radius 2 is 2.29 bits per heavy atom. The SMILES string of the molecule is CCCCNC(=O)NC[C@]12CCC[C@H]1NCC2. The van der Waals surface area contributed by atoms with Crippen LogP contribution < -0.4 is 16.0 Å². The number of unbranched alkanes of at least 4 members (excludes halogenated alkanes) is 1. The molecule has 1 aliphatic carbocycles. The highest BCUT2D eigenvalue weighted by atomic mass is 16.2. The topological polar surface area (TPSA) is 53.2 Å². The van der Waals surface area contributed by atoms with Crippen LogP contribution in [0.15, 0.2) is 0 Å². The molecule has 0 unspecified atom stereocenters. The van der Waals surface area contributed by atoms with Crippen molar-refractivity contribution in [1.29, 1.82) is 0 Å². The molecule has 3 N–H and O–H groups in total. The van der Waals surface area contributed by atoms with Gasteiger partial charge in [0.15, 0.2) is 0 Å². The van der Waals surface area contributed by atoms with Crippen LogP contribution in [-0.2, 0) is 0 Å². The smallest absolute Gasteiger partial charge is 0.314 e. The van der Waals surface area contributed by atoms with Gasteiger partial charge in [-0.1, -0.05) is 19.8 Å². The average molecular weight is 239 g/mol. The van der Waals surface area contributed by atoms with Gasteiger partial charge >= 0.3 is 6.03 Å². The Balaban J connectivity index is 1.72. The summed E-state index contributed by atoms with van der Waals surface area (Å²) < 4.78 is 0. The van der Waals surface area contributed by atoms with Crippen molar-refractivity contribution >= 4 is 6.03 Å². The first-order valence-corrected chi connectivity index (χ1v) is 7.02. The first-order valence-electron chi connectivity index (χ1n) is 7.02. The Labute approximate surface area is 104 Å². The average Bonchev–Trinajstić information content (AvgIpc) is 2.85. The third-order valence-electron chi connectivity index (χ3n) is 4.34. The second-order valence-corrected chi connectivity index (χ2v) is 5.47. The number of carbonyl (C=O) groups excluding carboxylic acids is 1. The van der Waals surface area contributed by atoms with E-state index in [9.17, 15) is 4.79 Å². The van der Waals surface area contributed by atoms with Gasteiger partial charge in [0.1, 0.15) is 0 Å². The van der Waals surface area contributed by atoms with Gasteiger partial charge < -0.3 is 16.0 Å². The standard InChI is InChI=1S/C13H25N3O/c1-2-3-8-15-12(17)16-10-13-6-4-5-11(13)14-9-7-13/h11,14H,2-10H2,1H3,(H2,15,16,17)/t11-,13-/m1/s1. The Morgan fingerprint density at radius 1 is 1.41 bits per heavy atom. The van der Waals surface area contributed by atoms with Gasteiger partial charge in [-0.2, -0.15) is 0 Å². The van der Waals surface area contributed by atoms with Crippen molar-refractivity contribution in [3.8, 4) is 0 Å². The van der Waals surface area contributed by atoms with E-state index in [2.05, 4.69) is 22.9 Å². The van der Waals surface area contributed by atoms with Crippen molar-refractivity contribution in [3.63, 3.8) is 0 Å². The quantitative estimate of drug-likeness (QED) is 0.639. The molecule has 4 nitrogen and oxygen atoms in total. The van der Waals surface area contributed by atoms with E-state index in [-0.39, 0.29) is 6.03 Å². The highest BCUT2D eigenvalue weighted by Crippen LogP contribution is 2.43. The summed E-state index contributed by atoms with van der Waals surface area (Å²) in [7, 11) is 0. The zero-order valence-corrected chi connectivity index (χ0v) is 10.8. The van der Waals surface area contributed by atoms with Gasteiger partial charge in [-0.25, -0.2) is 4.79 Å². The third-order valence-corrected chi connectivity index (χ3v) is 4.34. The zero-order valence-electron chi connectivity index (χ0n) is 10.8. The minimum absolute atomic E-state index is 0.00498. The molecular formula is C13H25N3O. The maximum absolute atomic E-state index is 11.6. The molecule has 2 rings (SSSR count). The number of hydrogen-bond donors (Lipinski definition) is 3. The second kappa shape index (κ2) is 5.71. The van der Waals surface area contributed by atoms with E-state index in [1.165, 1.54) is 25.7 Å². The van der Waals surface area contributed by atoms with E-state index in [0.717, 1.165) is 32.5 Å². The monoisotopic (exact) mass is 239 g/mol. The van der Waals surface area contributed by atoms with Crippen LogP contribution in [0.3, 0.4) is 0 Å². The molecule has 2 atom stereocenters. The van der Waals surface area contributed by atoms with Gasteiger partial charge in [-0.3, -0.25) is 0 Å². The predicted molar refractivity (Wildman–Crippen MR) is 69.0 cm³/mol. The molecule has 0 aromatic rings. The summed E-state index contributed by atoms with van der Waals surface area (Å²) in [6.07, 6.45) is 7.24. The normalized spacial score (nSPS) is 31.2. The fourth-order valence-corrected chi connectivity index (χ4v) is 3.25. The van der Waals surface area contributed by atoms with Crippen LogP contribution in [0.25, 0.3) is 0 Å². The van der Waals surface area contributed by atoms with Gasteiger partial charge in [-0.05, 0) is 32.2 Å². The summed E-state index contributed by atoms with van der Waals surface area (Å²) in [6.45, 7) is 4.87. The summed E-state index contributed by atoms with van der Waals surface area (Å²) >= 11 is 0. The molecule has 2 aliphatic rings. The Hall–Kier alpha value is -0.770. The Morgan fingerprint density at radius 3 is 3.12 bits per heavy atom. The summed E-state index contributed by atoms with van der Waals surface area (Å²) in [5, 5.41) is 9.53. The molecule has 0 radical (unpaired) electrons. The number of urea groups is 1. The largest absolute Gasteiger partial charge is 0.338 e. The Bertz CT molecular complexity index is 257. The van der Waals surface area contributed by atoms with Crippen LogP contribution >= 0.6 is 0 Å². The van der Waals surface area contributed by atoms with Crippen LogP contribution in [-0.4, -0.2) is 31.7 Å². The van der Waals surface area contributed by atoms with Crippen molar-refractivity contribution in [2.75, 3.05) is 19.6 Å². The summed E-state index contributed by atoms with van der Waals surface area (Å²) in [5.74, 6) is 0. The minimum atomic E-state index is 0.00498. The van der Waals surface area contributed by atoms with E-state index in [1.807, 2.05) is 0 Å².